The molecule has 33 heavy (non-hydrogen) atoms. The van der Waals surface area contributed by atoms with Gasteiger partial charge in [0.2, 0.25) is 5.91 Å². The topological polar surface area (TPSA) is 85.7 Å². The van der Waals surface area contributed by atoms with Crippen LogP contribution in [-0.4, -0.2) is 54.5 Å². The summed E-state index contributed by atoms with van der Waals surface area (Å²) in [5.74, 6) is 0.145. The molecule has 2 aromatic carbocycles. The largest absolute Gasteiger partial charge is 0.497 e. The van der Waals surface area contributed by atoms with Crippen molar-refractivity contribution in [2.24, 2.45) is 0 Å². The van der Waals surface area contributed by atoms with E-state index in [0.717, 1.165) is 5.56 Å². The van der Waals surface area contributed by atoms with Gasteiger partial charge in [-0.05, 0) is 43.7 Å². The lowest BCUT2D eigenvalue weighted by Crippen LogP contribution is -2.64. The summed E-state index contributed by atoms with van der Waals surface area (Å²) in [5.41, 5.74) is 1.48. The molecule has 0 aliphatic carbocycles. The van der Waals surface area contributed by atoms with Crippen molar-refractivity contribution in [2.75, 3.05) is 32.3 Å². The van der Waals surface area contributed by atoms with Crippen LogP contribution in [0.1, 0.15) is 23.8 Å². The zero-order chi connectivity index (χ0) is 23.4. The first-order chi connectivity index (χ1) is 16.0. The minimum absolute atomic E-state index is 0.225. The van der Waals surface area contributed by atoms with Gasteiger partial charge in [0.1, 0.15) is 17.0 Å². The van der Waals surface area contributed by atoms with Crippen LogP contribution in [0, 0.1) is 0 Å². The summed E-state index contributed by atoms with van der Waals surface area (Å²) in [6, 6.07) is 18.6. The number of rotatable bonds is 8. The fraction of sp³-hybridized carbons (Fsp3) is 0.320. The first kappa shape index (κ1) is 22.5. The Bertz CT molecular complexity index is 1130. The van der Waals surface area contributed by atoms with Gasteiger partial charge in [-0.15, -0.1) is 0 Å². The van der Waals surface area contributed by atoms with E-state index in [4.69, 9.17) is 9.47 Å². The Kier molecular flexibility index (Phi) is 6.46. The van der Waals surface area contributed by atoms with Crippen LogP contribution in [0.2, 0.25) is 0 Å². The maximum absolute atomic E-state index is 13.7. The molecule has 0 unspecified atom stereocenters. The lowest BCUT2D eigenvalue weighted by Gasteiger charge is -2.43. The number of benzene rings is 2. The molecule has 0 saturated carbocycles. The number of hydrogen-bond acceptors (Lipinski definition) is 5. The SMILES string of the molecule is COCCCNC(=O)[C@]1(C)Cn2nc(-c3ccccc3)cc2C(=O)N1c1ccc(OC)cc1. The molecule has 0 bridgehead atoms. The highest BCUT2D eigenvalue weighted by Crippen LogP contribution is 2.34. The van der Waals surface area contributed by atoms with Crippen LogP contribution in [0.3, 0.4) is 0 Å². The van der Waals surface area contributed by atoms with Gasteiger partial charge in [0.05, 0.1) is 19.3 Å². The maximum atomic E-state index is 13.7. The molecule has 0 radical (unpaired) electrons. The molecule has 3 aromatic rings. The van der Waals surface area contributed by atoms with E-state index in [1.165, 1.54) is 0 Å². The van der Waals surface area contributed by atoms with E-state index in [2.05, 4.69) is 10.4 Å². The van der Waals surface area contributed by atoms with Gasteiger partial charge >= 0.3 is 0 Å². The lowest BCUT2D eigenvalue weighted by molar-refractivity contribution is -0.126. The molecule has 2 amide bonds. The molecule has 0 saturated heterocycles. The number of ether oxygens (including phenoxy) is 2. The molecule has 0 fully saturated rings. The zero-order valence-electron chi connectivity index (χ0n) is 19.1. The number of fused-ring (bicyclic) bond motifs is 1. The van der Waals surface area contributed by atoms with Gasteiger partial charge in [0.25, 0.3) is 5.91 Å². The van der Waals surface area contributed by atoms with Crippen molar-refractivity contribution in [3.05, 3.63) is 66.4 Å². The van der Waals surface area contributed by atoms with Crippen molar-refractivity contribution in [3.63, 3.8) is 0 Å². The summed E-state index contributed by atoms with van der Waals surface area (Å²) in [4.78, 5) is 28.7. The number of nitrogens with one attached hydrogen (secondary N) is 1. The fourth-order valence-corrected chi connectivity index (χ4v) is 4.08. The first-order valence-electron chi connectivity index (χ1n) is 10.9. The Morgan fingerprint density at radius 3 is 2.52 bits per heavy atom. The molecule has 1 aromatic heterocycles. The number of anilines is 1. The van der Waals surface area contributed by atoms with E-state index in [0.29, 0.717) is 42.4 Å². The average molecular weight is 449 g/mol. The molecule has 0 spiro atoms. The second kappa shape index (κ2) is 9.46. The number of carbonyl (C=O) groups excluding carboxylic acids is 2. The summed E-state index contributed by atoms with van der Waals surface area (Å²) >= 11 is 0. The minimum Gasteiger partial charge on any atom is -0.497 e. The predicted octanol–water partition coefficient (Wildman–Crippen LogP) is 3.13. The quantitative estimate of drug-likeness (QED) is 0.535. The van der Waals surface area contributed by atoms with Crippen LogP contribution in [0.5, 0.6) is 5.75 Å². The molecule has 8 heteroatoms. The highest BCUT2D eigenvalue weighted by Gasteiger charge is 2.48. The van der Waals surface area contributed by atoms with Crippen LogP contribution in [0.25, 0.3) is 11.3 Å². The number of aromatic nitrogens is 2. The second-order valence-corrected chi connectivity index (χ2v) is 8.15. The highest BCUT2D eigenvalue weighted by atomic mass is 16.5. The van der Waals surface area contributed by atoms with Crippen molar-refractivity contribution in [2.45, 2.75) is 25.4 Å². The third kappa shape index (κ3) is 4.34. The lowest BCUT2D eigenvalue weighted by atomic mass is 9.94. The Balaban J connectivity index is 1.73. The van der Waals surface area contributed by atoms with Gasteiger partial charge in [-0.1, -0.05) is 30.3 Å². The molecule has 1 aliphatic rings. The van der Waals surface area contributed by atoms with Gasteiger partial charge in [0, 0.05) is 31.5 Å². The monoisotopic (exact) mass is 448 g/mol. The summed E-state index contributed by atoms with van der Waals surface area (Å²) < 4.78 is 12.0. The number of nitrogens with zero attached hydrogens (tertiary/aromatic N) is 3. The van der Waals surface area contributed by atoms with Gasteiger partial charge < -0.3 is 14.8 Å². The van der Waals surface area contributed by atoms with Crippen LogP contribution >= 0.6 is 0 Å². The maximum Gasteiger partial charge on any atom is 0.277 e. The fourth-order valence-electron chi connectivity index (χ4n) is 4.08. The standard InChI is InChI=1S/C25H28N4O4/c1-25(24(31)26-14-7-15-32-2)17-28-22(16-21(27-28)18-8-5-4-6-9-18)23(30)29(25)19-10-12-20(33-3)13-11-19/h4-6,8-13,16H,7,14-15,17H2,1-3H3,(H,26,31)/t25-/m0/s1. The number of carbonyl (C=O) groups is 2. The highest BCUT2D eigenvalue weighted by molar-refractivity contribution is 6.12. The molecule has 172 valence electrons. The van der Waals surface area contributed by atoms with E-state index in [1.54, 1.807) is 61.1 Å². The van der Waals surface area contributed by atoms with Gasteiger partial charge in [-0.3, -0.25) is 19.2 Å². The van der Waals surface area contributed by atoms with Gasteiger partial charge in [-0.25, -0.2) is 0 Å². The normalized spacial score (nSPS) is 17.5. The third-order valence-corrected chi connectivity index (χ3v) is 5.85. The summed E-state index contributed by atoms with van der Waals surface area (Å²) in [6.45, 7) is 2.99. The summed E-state index contributed by atoms with van der Waals surface area (Å²) in [5, 5.41) is 7.62. The first-order valence-corrected chi connectivity index (χ1v) is 10.9. The molecule has 4 rings (SSSR count). The van der Waals surface area contributed by atoms with E-state index in [1.807, 2.05) is 30.3 Å². The molecule has 1 N–H and O–H groups in total. The number of hydrogen-bond donors (Lipinski definition) is 1. The third-order valence-electron chi connectivity index (χ3n) is 5.85. The summed E-state index contributed by atoms with van der Waals surface area (Å²) in [6.07, 6.45) is 0.681. The Labute approximate surface area is 193 Å². The van der Waals surface area contributed by atoms with Crippen molar-refractivity contribution < 1.29 is 19.1 Å². The molecular formula is C25H28N4O4. The van der Waals surface area contributed by atoms with E-state index >= 15 is 0 Å². The van der Waals surface area contributed by atoms with E-state index < -0.39 is 5.54 Å². The summed E-state index contributed by atoms with van der Waals surface area (Å²) in [7, 11) is 3.21. The Hall–Kier alpha value is -3.65. The number of methoxy groups -OCH3 is 2. The smallest absolute Gasteiger partial charge is 0.277 e. The predicted molar refractivity (Wildman–Crippen MR) is 125 cm³/mol. The molecular weight excluding hydrogens is 420 g/mol. The Morgan fingerprint density at radius 2 is 1.85 bits per heavy atom. The average Bonchev–Trinajstić information content (AvgIpc) is 3.27. The van der Waals surface area contributed by atoms with Crippen molar-refractivity contribution >= 4 is 17.5 Å². The van der Waals surface area contributed by atoms with Crippen molar-refractivity contribution in [3.8, 4) is 17.0 Å². The van der Waals surface area contributed by atoms with Crippen LogP contribution in [-0.2, 0) is 16.1 Å². The van der Waals surface area contributed by atoms with Crippen molar-refractivity contribution in [1.29, 1.82) is 0 Å². The molecule has 1 atom stereocenters. The zero-order valence-corrected chi connectivity index (χ0v) is 19.1. The van der Waals surface area contributed by atoms with E-state index in [9.17, 15) is 9.59 Å². The molecule has 8 nitrogen and oxygen atoms in total. The van der Waals surface area contributed by atoms with Crippen molar-refractivity contribution in [1.82, 2.24) is 15.1 Å². The van der Waals surface area contributed by atoms with Crippen LogP contribution < -0.4 is 15.0 Å². The minimum atomic E-state index is -1.17. The molecule has 1 aliphatic heterocycles. The number of amides is 2. The van der Waals surface area contributed by atoms with Gasteiger partial charge in [0.15, 0.2) is 0 Å². The molecule has 2 heterocycles. The van der Waals surface area contributed by atoms with E-state index in [-0.39, 0.29) is 18.4 Å². The van der Waals surface area contributed by atoms with Crippen LogP contribution in [0.15, 0.2) is 60.7 Å². The van der Waals surface area contributed by atoms with Crippen LogP contribution in [0.4, 0.5) is 5.69 Å². The Morgan fingerprint density at radius 1 is 1.12 bits per heavy atom. The van der Waals surface area contributed by atoms with Gasteiger partial charge in [-0.2, -0.15) is 5.10 Å². The second-order valence-electron chi connectivity index (χ2n) is 8.15.